The number of aromatic nitrogens is 2. The second kappa shape index (κ2) is 6.26. The monoisotopic (exact) mass is 293 g/mol. The minimum atomic E-state index is -0.138. The molecule has 0 N–H and O–H groups in total. The fourth-order valence-corrected chi connectivity index (χ4v) is 2.30. The Morgan fingerprint density at radius 3 is 2.27 bits per heavy atom. The molecule has 0 saturated carbocycles. The van der Waals surface area contributed by atoms with Crippen LogP contribution in [0.1, 0.15) is 6.92 Å². The lowest BCUT2D eigenvalue weighted by Gasteiger charge is -2.06. The van der Waals surface area contributed by atoms with Gasteiger partial charge in [0.2, 0.25) is 0 Å². The Balaban J connectivity index is 2.23. The summed E-state index contributed by atoms with van der Waals surface area (Å²) < 4.78 is 8.80. The van der Waals surface area contributed by atoms with E-state index < -0.39 is 0 Å². The fourth-order valence-electron chi connectivity index (χ4n) is 2.30. The lowest BCUT2D eigenvalue weighted by Crippen LogP contribution is -2.51. The maximum atomic E-state index is 12.8. The molecule has 0 aliphatic carbocycles. The van der Waals surface area contributed by atoms with Crippen LogP contribution in [0.5, 0.6) is 5.75 Å². The molecule has 0 saturated heterocycles. The topological polar surface area (TPSA) is 35.1 Å². The van der Waals surface area contributed by atoms with Crippen LogP contribution in [0, 0.1) is 0 Å². The van der Waals surface area contributed by atoms with Crippen LogP contribution in [-0.2, 0) is 0 Å². The maximum absolute atomic E-state index is 12.8. The quantitative estimate of drug-likeness (QED) is 0.693. The van der Waals surface area contributed by atoms with Crippen LogP contribution >= 0.6 is 0 Å². The molecule has 1 heterocycles. The van der Waals surface area contributed by atoms with Gasteiger partial charge in [-0.2, -0.15) is 13.9 Å². The average molecular weight is 293 g/mol. The van der Waals surface area contributed by atoms with E-state index in [1.165, 1.54) is 0 Å². The van der Waals surface area contributed by atoms with E-state index in [0.717, 1.165) is 11.4 Å². The summed E-state index contributed by atoms with van der Waals surface area (Å²) in [7, 11) is 0. The van der Waals surface area contributed by atoms with Gasteiger partial charge in [0.25, 0.3) is 0 Å². The van der Waals surface area contributed by atoms with Gasteiger partial charge in [-0.25, -0.2) is 0 Å². The zero-order valence-corrected chi connectivity index (χ0v) is 12.3. The van der Waals surface area contributed by atoms with Crippen molar-refractivity contribution in [2.75, 3.05) is 6.61 Å². The molecule has 0 bridgehead atoms. The van der Waals surface area contributed by atoms with Gasteiger partial charge in [0, 0.05) is 0 Å². The zero-order chi connectivity index (χ0) is 15.4. The number of rotatable bonds is 4. The lowest BCUT2D eigenvalue weighted by molar-refractivity contribution is -0.617. The lowest BCUT2D eigenvalue weighted by atomic mass is 10.3. The molecule has 0 atom stereocenters. The van der Waals surface area contributed by atoms with Gasteiger partial charge >= 0.3 is 5.69 Å². The standard InChI is InChI=1S/C18H17N2O2/c1-2-22-17-13-19(15-9-5-3-6-10-15)18(21)20(14-17)16-11-7-4-8-12-16/h3-14H,2H2,1H3/q+1. The Bertz CT molecular complexity index is 748. The first-order chi connectivity index (χ1) is 10.8. The molecule has 0 aliphatic heterocycles. The van der Waals surface area contributed by atoms with E-state index in [1.807, 2.05) is 67.6 Å². The highest BCUT2D eigenvalue weighted by Crippen LogP contribution is 2.10. The summed E-state index contributed by atoms with van der Waals surface area (Å²) in [6.07, 6.45) is 3.45. The van der Waals surface area contributed by atoms with Crippen LogP contribution in [0.4, 0.5) is 0 Å². The minimum Gasteiger partial charge on any atom is -0.487 e. The van der Waals surface area contributed by atoms with Crippen LogP contribution in [0.25, 0.3) is 11.4 Å². The van der Waals surface area contributed by atoms with Crippen molar-refractivity contribution in [2.45, 2.75) is 6.92 Å². The summed E-state index contributed by atoms with van der Waals surface area (Å²) in [6.45, 7) is 2.46. The van der Waals surface area contributed by atoms with Crippen molar-refractivity contribution >= 4 is 0 Å². The van der Waals surface area contributed by atoms with Crippen molar-refractivity contribution in [1.82, 2.24) is 4.57 Å². The first kappa shape index (κ1) is 14.1. The van der Waals surface area contributed by atoms with E-state index >= 15 is 0 Å². The van der Waals surface area contributed by atoms with E-state index in [4.69, 9.17) is 4.74 Å². The van der Waals surface area contributed by atoms with Crippen LogP contribution in [0.2, 0.25) is 0 Å². The Morgan fingerprint density at radius 2 is 1.64 bits per heavy atom. The predicted octanol–water partition coefficient (Wildman–Crippen LogP) is 2.51. The molecule has 0 spiro atoms. The number of benzene rings is 2. The summed E-state index contributed by atoms with van der Waals surface area (Å²) in [5.41, 5.74) is 1.47. The van der Waals surface area contributed by atoms with Crippen molar-refractivity contribution in [2.24, 2.45) is 0 Å². The first-order valence-corrected chi connectivity index (χ1v) is 7.21. The molecule has 0 amide bonds. The van der Waals surface area contributed by atoms with Crippen LogP contribution < -0.4 is 15.0 Å². The third-order valence-corrected chi connectivity index (χ3v) is 3.30. The van der Waals surface area contributed by atoms with Crippen LogP contribution in [0.3, 0.4) is 0 Å². The van der Waals surface area contributed by atoms with Crippen molar-refractivity contribution in [1.29, 1.82) is 0 Å². The van der Waals surface area contributed by atoms with Gasteiger partial charge in [-0.15, -0.1) is 0 Å². The van der Waals surface area contributed by atoms with Gasteiger partial charge in [0.1, 0.15) is 23.8 Å². The molecule has 3 aromatic rings. The molecule has 0 fully saturated rings. The SMILES string of the molecule is CCOc1cn(-c2ccccc2)c(=O)[n+](-c2ccccc2)c1. The van der Waals surface area contributed by atoms with Gasteiger partial charge in [-0.05, 0) is 31.2 Å². The Hall–Kier alpha value is -2.88. The molecule has 0 radical (unpaired) electrons. The summed E-state index contributed by atoms with van der Waals surface area (Å²) in [4.78, 5) is 12.8. The fraction of sp³-hybridized carbons (Fsp3) is 0.111. The largest absolute Gasteiger partial charge is 0.508 e. The van der Waals surface area contributed by atoms with Crippen molar-refractivity contribution in [3.05, 3.63) is 83.5 Å². The normalized spacial score (nSPS) is 10.4. The highest BCUT2D eigenvalue weighted by Gasteiger charge is 2.17. The first-order valence-electron chi connectivity index (χ1n) is 7.21. The molecular formula is C18H17N2O2+. The average Bonchev–Trinajstić information content (AvgIpc) is 2.58. The van der Waals surface area contributed by atoms with Gasteiger partial charge in [0.15, 0.2) is 5.75 Å². The number of ether oxygens (including phenoxy) is 1. The van der Waals surface area contributed by atoms with E-state index in [1.54, 1.807) is 21.5 Å². The van der Waals surface area contributed by atoms with Gasteiger partial charge in [-0.3, -0.25) is 0 Å². The molecule has 22 heavy (non-hydrogen) atoms. The Morgan fingerprint density at radius 1 is 1.00 bits per heavy atom. The van der Waals surface area contributed by atoms with Crippen molar-refractivity contribution in [3.8, 4) is 17.1 Å². The summed E-state index contributed by atoms with van der Waals surface area (Å²) in [6, 6.07) is 19.0. The molecule has 1 aromatic heterocycles. The molecule has 0 aliphatic rings. The van der Waals surface area contributed by atoms with E-state index in [-0.39, 0.29) is 5.69 Å². The zero-order valence-electron chi connectivity index (χ0n) is 12.3. The van der Waals surface area contributed by atoms with Gasteiger partial charge in [-0.1, -0.05) is 36.4 Å². The third kappa shape index (κ3) is 2.76. The highest BCUT2D eigenvalue weighted by molar-refractivity contribution is 5.32. The van der Waals surface area contributed by atoms with Crippen molar-refractivity contribution < 1.29 is 9.30 Å². The number of nitrogens with zero attached hydrogens (tertiary/aromatic N) is 2. The van der Waals surface area contributed by atoms with E-state index in [9.17, 15) is 4.79 Å². The maximum Gasteiger partial charge on any atom is 0.508 e. The van der Waals surface area contributed by atoms with E-state index in [0.29, 0.717) is 12.4 Å². The highest BCUT2D eigenvalue weighted by atomic mass is 16.5. The number of hydrogen-bond acceptors (Lipinski definition) is 2. The number of para-hydroxylation sites is 2. The molecular weight excluding hydrogens is 276 g/mol. The number of hydrogen-bond donors (Lipinski definition) is 0. The summed E-state index contributed by atoms with van der Waals surface area (Å²) >= 11 is 0. The Kier molecular flexibility index (Phi) is 4.01. The summed E-state index contributed by atoms with van der Waals surface area (Å²) in [5.74, 6) is 0.648. The minimum absolute atomic E-state index is 0.138. The van der Waals surface area contributed by atoms with Gasteiger partial charge in [0.05, 0.1) is 6.61 Å². The van der Waals surface area contributed by atoms with Crippen LogP contribution in [0.15, 0.2) is 77.9 Å². The Labute approximate surface area is 128 Å². The predicted molar refractivity (Wildman–Crippen MR) is 84.7 cm³/mol. The molecule has 110 valence electrons. The second-order valence-corrected chi connectivity index (χ2v) is 4.79. The van der Waals surface area contributed by atoms with Crippen molar-refractivity contribution in [3.63, 3.8) is 0 Å². The summed E-state index contributed by atoms with van der Waals surface area (Å²) in [5, 5.41) is 0. The molecule has 4 nitrogen and oxygen atoms in total. The molecule has 4 heteroatoms. The smallest absolute Gasteiger partial charge is 0.487 e. The van der Waals surface area contributed by atoms with E-state index in [2.05, 4.69) is 0 Å². The molecule has 3 rings (SSSR count). The molecule has 0 unspecified atom stereocenters. The van der Waals surface area contributed by atoms with Gasteiger partial charge < -0.3 is 4.74 Å². The molecule has 2 aromatic carbocycles. The second-order valence-electron chi connectivity index (χ2n) is 4.79. The third-order valence-electron chi connectivity index (χ3n) is 3.30. The van der Waals surface area contributed by atoms with Crippen LogP contribution in [-0.4, -0.2) is 11.2 Å².